The number of methoxy groups -OCH3 is 1. The first kappa shape index (κ1) is 14.4. The molecule has 0 aromatic rings. The normalized spacial score (nSPS) is 17.2. The highest BCUT2D eigenvalue weighted by atomic mass is 16.5. The Morgan fingerprint density at radius 3 is 2.82 bits per heavy atom. The maximum atomic E-state index is 11.6. The van der Waals surface area contributed by atoms with Crippen LogP contribution in [-0.2, 0) is 9.53 Å². The first-order valence-corrected chi connectivity index (χ1v) is 6.45. The SMILES string of the molecule is CCN(CCNC(=O)C(N)CCOC)C1CC1. The molecule has 17 heavy (non-hydrogen) atoms. The third kappa shape index (κ3) is 5.48. The molecule has 100 valence electrons. The Hall–Kier alpha value is -0.650. The summed E-state index contributed by atoms with van der Waals surface area (Å²) in [6.07, 6.45) is 3.17. The highest BCUT2D eigenvalue weighted by molar-refractivity contribution is 5.81. The van der Waals surface area contributed by atoms with Gasteiger partial charge in [-0.2, -0.15) is 0 Å². The largest absolute Gasteiger partial charge is 0.385 e. The van der Waals surface area contributed by atoms with Crippen molar-refractivity contribution in [1.82, 2.24) is 10.2 Å². The van der Waals surface area contributed by atoms with Crippen LogP contribution in [0.4, 0.5) is 0 Å². The number of carbonyl (C=O) groups excluding carboxylic acids is 1. The topological polar surface area (TPSA) is 67.6 Å². The fourth-order valence-electron chi connectivity index (χ4n) is 1.87. The van der Waals surface area contributed by atoms with E-state index in [1.54, 1.807) is 7.11 Å². The minimum atomic E-state index is -0.453. The number of hydrogen-bond donors (Lipinski definition) is 2. The molecule has 0 heterocycles. The van der Waals surface area contributed by atoms with E-state index in [1.807, 2.05) is 0 Å². The predicted molar refractivity (Wildman–Crippen MR) is 67.7 cm³/mol. The summed E-state index contributed by atoms with van der Waals surface area (Å²) in [6.45, 7) is 5.34. The summed E-state index contributed by atoms with van der Waals surface area (Å²) in [7, 11) is 1.61. The molecular weight excluding hydrogens is 218 g/mol. The van der Waals surface area contributed by atoms with Crippen molar-refractivity contribution in [2.45, 2.75) is 38.3 Å². The summed E-state index contributed by atoms with van der Waals surface area (Å²) in [4.78, 5) is 14.0. The first-order valence-electron chi connectivity index (χ1n) is 6.45. The highest BCUT2D eigenvalue weighted by Crippen LogP contribution is 2.25. The lowest BCUT2D eigenvalue weighted by molar-refractivity contribution is -0.122. The number of hydrogen-bond acceptors (Lipinski definition) is 4. The van der Waals surface area contributed by atoms with Gasteiger partial charge in [0, 0.05) is 32.8 Å². The van der Waals surface area contributed by atoms with Gasteiger partial charge in [0.25, 0.3) is 0 Å². The molecular formula is C12H25N3O2. The minimum absolute atomic E-state index is 0.0751. The molecule has 0 radical (unpaired) electrons. The number of nitrogens with two attached hydrogens (primary N) is 1. The summed E-state index contributed by atoms with van der Waals surface area (Å²) in [5.41, 5.74) is 5.72. The van der Waals surface area contributed by atoms with Crippen LogP contribution >= 0.6 is 0 Å². The number of likely N-dealkylation sites (N-methyl/N-ethyl adjacent to an activating group) is 1. The Labute approximate surface area is 104 Å². The van der Waals surface area contributed by atoms with Crippen LogP contribution in [0.15, 0.2) is 0 Å². The van der Waals surface area contributed by atoms with Crippen molar-refractivity contribution in [1.29, 1.82) is 0 Å². The zero-order valence-electron chi connectivity index (χ0n) is 10.9. The van der Waals surface area contributed by atoms with E-state index in [-0.39, 0.29) is 5.91 Å². The van der Waals surface area contributed by atoms with Gasteiger partial charge in [0.05, 0.1) is 6.04 Å². The Kier molecular flexibility index (Phi) is 6.47. The van der Waals surface area contributed by atoms with Crippen molar-refractivity contribution in [3.63, 3.8) is 0 Å². The van der Waals surface area contributed by atoms with Crippen molar-refractivity contribution >= 4 is 5.91 Å². The fraction of sp³-hybridized carbons (Fsp3) is 0.917. The molecule has 1 unspecified atom stereocenters. The molecule has 0 saturated heterocycles. The third-order valence-corrected chi connectivity index (χ3v) is 3.14. The summed E-state index contributed by atoms with van der Waals surface area (Å²) >= 11 is 0. The van der Waals surface area contributed by atoms with Crippen molar-refractivity contribution in [3.05, 3.63) is 0 Å². The van der Waals surface area contributed by atoms with Gasteiger partial charge < -0.3 is 15.8 Å². The number of carbonyl (C=O) groups is 1. The summed E-state index contributed by atoms with van der Waals surface area (Å²) in [6, 6.07) is 0.296. The zero-order valence-corrected chi connectivity index (χ0v) is 10.9. The van der Waals surface area contributed by atoms with Crippen LogP contribution in [0.1, 0.15) is 26.2 Å². The van der Waals surface area contributed by atoms with Gasteiger partial charge in [0.1, 0.15) is 0 Å². The molecule has 1 rings (SSSR count). The van der Waals surface area contributed by atoms with Crippen LogP contribution < -0.4 is 11.1 Å². The van der Waals surface area contributed by atoms with Crippen molar-refractivity contribution in [2.24, 2.45) is 5.73 Å². The van der Waals surface area contributed by atoms with Crippen LogP contribution in [0.2, 0.25) is 0 Å². The lowest BCUT2D eigenvalue weighted by atomic mass is 10.2. The van der Waals surface area contributed by atoms with Gasteiger partial charge in [-0.05, 0) is 25.8 Å². The Morgan fingerprint density at radius 1 is 1.59 bits per heavy atom. The Balaban J connectivity index is 2.09. The summed E-state index contributed by atoms with van der Waals surface area (Å²) < 4.78 is 4.89. The zero-order chi connectivity index (χ0) is 12.7. The van der Waals surface area contributed by atoms with Crippen molar-refractivity contribution < 1.29 is 9.53 Å². The standard InChI is InChI=1S/C12H25N3O2/c1-3-15(10-4-5-10)8-7-14-12(16)11(13)6-9-17-2/h10-11H,3-9,13H2,1-2H3,(H,14,16). The lowest BCUT2D eigenvalue weighted by Gasteiger charge is -2.20. The number of nitrogens with one attached hydrogen (secondary N) is 1. The van der Waals surface area contributed by atoms with E-state index in [0.29, 0.717) is 19.6 Å². The maximum Gasteiger partial charge on any atom is 0.237 e. The number of ether oxygens (including phenoxy) is 1. The molecule has 1 saturated carbocycles. The third-order valence-electron chi connectivity index (χ3n) is 3.14. The molecule has 1 aliphatic carbocycles. The molecule has 0 spiro atoms. The van der Waals surface area contributed by atoms with Gasteiger partial charge in [0.15, 0.2) is 0 Å². The predicted octanol–water partition coefficient (Wildman–Crippen LogP) is -0.0493. The molecule has 0 aliphatic heterocycles. The second-order valence-electron chi connectivity index (χ2n) is 4.54. The molecule has 0 aromatic carbocycles. The maximum absolute atomic E-state index is 11.6. The quantitative estimate of drug-likeness (QED) is 0.596. The molecule has 0 aromatic heterocycles. The van der Waals surface area contributed by atoms with Gasteiger partial charge in [0.2, 0.25) is 5.91 Å². The molecule has 1 aliphatic rings. The average Bonchev–Trinajstić information content (AvgIpc) is 3.15. The summed E-state index contributed by atoms with van der Waals surface area (Å²) in [5.74, 6) is -0.0751. The molecule has 0 bridgehead atoms. The van der Waals surface area contributed by atoms with Crippen LogP contribution in [0, 0.1) is 0 Å². The van der Waals surface area contributed by atoms with Crippen molar-refractivity contribution in [2.75, 3.05) is 33.4 Å². The van der Waals surface area contributed by atoms with E-state index in [9.17, 15) is 4.79 Å². The van der Waals surface area contributed by atoms with Crippen LogP contribution in [0.5, 0.6) is 0 Å². The molecule has 5 heteroatoms. The van der Waals surface area contributed by atoms with E-state index in [2.05, 4.69) is 17.1 Å². The number of rotatable bonds is 9. The molecule has 5 nitrogen and oxygen atoms in total. The molecule has 1 atom stereocenters. The van der Waals surface area contributed by atoms with Crippen molar-refractivity contribution in [3.8, 4) is 0 Å². The van der Waals surface area contributed by atoms with Gasteiger partial charge in [-0.25, -0.2) is 0 Å². The van der Waals surface area contributed by atoms with Gasteiger partial charge in [-0.1, -0.05) is 6.92 Å². The molecule has 3 N–H and O–H groups in total. The first-order chi connectivity index (χ1) is 8.19. The monoisotopic (exact) mass is 243 g/mol. The smallest absolute Gasteiger partial charge is 0.237 e. The lowest BCUT2D eigenvalue weighted by Crippen LogP contribution is -2.44. The molecule has 1 amide bonds. The molecule has 1 fully saturated rings. The van der Waals surface area contributed by atoms with Gasteiger partial charge in [-0.15, -0.1) is 0 Å². The fourth-order valence-corrected chi connectivity index (χ4v) is 1.87. The van der Waals surface area contributed by atoms with E-state index in [1.165, 1.54) is 12.8 Å². The number of nitrogens with zero attached hydrogens (tertiary/aromatic N) is 1. The van der Waals surface area contributed by atoms with Gasteiger partial charge >= 0.3 is 0 Å². The van der Waals surface area contributed by atoms with E-state index < -0.39 is 6.04 Å². The van der Waals surface area contributed by atoms with E-state index in [0.717, 1.165) is 19.1 Å². The second-order valence-corrected chi connectivity index (χ2v) is 4.54. The van der Waals surface area contributed by atoms with E-state index in [4.69, 9.17) is 10.5 Å². The average molecular weight is 243 g/mol. The Bertz CT molecular complexity index is 232. The van der Waals surface area contributed by atoms with Gasteiger partial charge in [-0.3, -0.25) is 9.69 Å². The summed E-state index contributed by atoms with van der Waals surface area (Å²) in [5, 5.41) is 2.88. The Morgan fingerprint density at radius 2 is 2.29 bits per heavy atom. The number of amides is 1. The highest BCUT2D eigenvalue weighted by Gasteiger charge is 2.27. The second kappa shape index (κ2) is 7.63. The minimum Gasteiger partial charge on any atom is -0.385 e. The van der Waals surface area contributed by atoms with E-state index >= 15 is 0 Å². The van der Waals surface area contributed by atoms with Crippen LogP contribution in [-0.4, -0.2) is 56.2 Å². The van der Waals surface area contributed by atoms with Crippen LogP contribution in [0.3, 0.4) is 0 Å². The van der Waals surface area contributed by atoms with Crippen LogP contribution in [0.25, 0.3) is 0 Å².